The van der Waals surface area contributed by atoms with Crippen LogP contribution in [-0.2, 0) is 19.1 Å². The first-order valence-corrected chi connectivity index (χ1v) is 12.0. The van der Waals surface area contributed by atoms with Gasteiger partial charge in [-0.1, -0.05) is 44.2 Å². The molecule has 34 heavy (non-hydrogen) atoms. The maximum Gasteiger partial charge on any atom is 0.408 e. The van der Waals surface area contributed by atoms with E-state index in [0.29, 0.717) is 0 Å². The topological polar surface area (TPSA) is 107 Å². The van der Waals surface area contributed by atoms with Crippen LogP contribution in [0, 0.1) is 5.92 Å². The number of methoxy groups -OCH3 is 1. The summed E-state index contributed by atoms with van der Waals surface area (Å²) < 4.78 is 10.2. The highest BCUT2D eigenvalue weighted by Crippen LogP contribution is 2.24. The van der Waals surface area contributed by atoms with Crippen LogP contribution in [0.4, 0.5) is 4.79 Å². The second-order valence-corrected chi connectivity index (χ2v) is 10.1. The third-order valence-electron chi connectivity index (χ3n) is 4.64. The van der Waals surface area contributed by atoms with Crippen LogP contribution in [0.2, 0.25) is 0 Å². The zero-order chi connectivity index (χ0) is 25.3. The molecule has 2 N–H and O–H groups in total. The molecule has 2 aromatic rings. The number of thioether (sulfide) groups is 1. The molecule has 0 aliphatic carbocycles. The van der Waals surface area contributed by atoms with Crippen molar-refractivity contribution in [2.75, 3.05) is 12.9 Å². The van der Waals surface area contributed by atoms with Crippen molar-refractivity contribution in [3.63, 3.8) is 0 Å². The molecule has 1 aromatic carbocycles. The van der Waals surface area contributed by atoms with Crippen molar-refractivity contribution in [3.05, 3.63) is 48.7 Å². The Morgan fingerprint density at radius 1 is 1.06 bits per heavy atom. The molecular formula is C25H33N3O5S. The zero-order valence-electron chi connectivity index (χ0n) is 20.5. The predicted octanol–water partition coefficient (Wildman–Crippen LogP) is 4.05. The largest absolute Gasteiger partial charge is 0.467 e. The van der Waals surface area contributed by atoms with E-state index in [2.05, 4.69) is 15.6 Å². The molecule has 1 aromatic heterocycles. The lowest BCUT2D eigenvalue weighted by molar-refractivity contribution is -0.144. The molecule has 0 spiro atoms. The fraction of sp³-hybridized carbons (Fsp3) is 0.440. The first-order chi connectivity index (χ1) is 16.0. The van der Waals surface area contributed by atoms with Crippen LogP contribution < -0.4 is 10.6 Å². The molecule has 0 aliphatic rings. The minimum Gasteiger partial charge on any atom is -0.467 e. The number of nitrogens with zero attached hydrogens (tertiary/aromatic N) is 1. The summed E-state index contributed by atoms with van der Waals surface area (Å²) in [4.78, 5) is 42.8. The third kappa shape index (κ3) is 8.70. The van der Waals surface area contributed by atoms with Gasteiger partial charge in [0.25, 0.3) is 0 Å². The molecular weight excluding hydrogens is 454 g/mol. The molecule has 0 bridgehead atoms. The highest BCUT2D eigenvalue weighted by molar-refractivity contribution is 7.99. The van der Waals surface area contributed by atoms with E-state index in [0.717, 1.165) is 16.2 Å². The van der Waals surface area contributed by atoms with Crippen LogP contribution in [0.1, 0.15) is 34.6 Å². The number of carbonyl (C=O) groups excluding carboxylic acids is 3. The first-order valence-electron chi connectivity index (χ1n) is 11.0. The lowest BCUT2D eigenvalue weighted by atomic mass is 10.0. The minimum absolute atomic E-state index is 0.230. The lowest BCUT2D eigenvalue weighted by Gasteiger charge is -2.26. The number of aromatic nitrogens is 1. The van der Waals surface area contributed by atoms with Crippen molar-refractivity contribution >= 4 is 29.7 Å². The average Bonchev–Trinajstić information content (AvgIpc) is 2.79. The SMILES string of the molecule is COC(=O)[C@H](CSc1ccnc(-c2ccccc2)c1)NC(=O)[C@@H](NC(=O)OC(C)(C)C)C(C)C. The van der Waals surface area contributed by atoms with Crippen molar-refractivity contribution in [2.24, 2.45) is 5.92 Å². The number of hydrogen-bond donors (Lipinski definition) is 2. The van der Waals surface area contributed by atoms with E-state index in [1.165, 1.54) is 18.9 Å². The van der Waals surface area contributed by atoms with E-state index in [4.69, 9.17) is 9.47 Å². The van der Waals surface area contributed by atoms with Gasteiger partial charge in [0, 0.05) is 22.4 Å². The number of nitrogens with one attached hydrogen (secondary N) is 2. The van der Waals surface area contributed by atoms with Gasteiger partial charge in [-0.05, 0) is 38.8 Å². The second-order valence-electron chi connectivity index (χ2n) is 9.01. The maximum atomic E-state index is 13.0. The number of alkyl carbamates (subject to hydrolysis) is 1. The van der Waals surface area contributed by atoms with Gasteiger partial charge >= 0.3 is 12.1 Å². The van der Waals surface area contributed by atoms with Crippen LogP contribution in [0.15, 0.2) is 53.6 Å². The fourth-order valence-corrected chi connectivity index (χ4v) is 3.92. The zero-order valence-corrected chi connectivity index (χ0v) is 21.3. The van der Waals surface area contributed by atoms with Crippen LogP contribution in [0.5, 0.6) is 0 Å². The van der Waals surface area contributed by atoms with Crippen LogP contribution in [-0.4, -0.2) is 53.5 Å². The molecule has 0 radical (unpaired) electrons. The van der Waals surface area contributed by atoms with Gasteiger partial charge in [-0.2, -0.15) is 0 Å². The summed E-state index contributed by atoms with van der Waals surface area (Å²) in [5.74, 6) is -1.05. The summed E-state index contributed by atoms with van der Waals surface area (Å²) in [5, 5.41) is 5.31. The van der Waals surface area contributed by atoms with Crippen LogP contribution in [0.3, 0.4) is 0 Å². The Labute approximate surface area is 205 Å². The van der Waals surface area contributed by atoms with Crippen LogP contribution in [0.25, 0.3) is 11.3 Å². The molecule has 8 nitrogen and oxygen atoms in total. The van der Waals surface area contributed by atoms with E-state index in [1.54, 1.807) is 40.8 Å². The number of carbonyl (C=O) groups is 3. The summed E-state index contributed by atoms with van der Waals surface area (Å²) in [6.07, 6.45) is 1.01. The number of amides is 2. The summed E-state index contributed by atoms with van der Waals surface area (Å²) >= 11 is 1.40. The first kappa shape index (κ1) is 27.2. The Bertz CT molecular complexity index is 976. The van der Waals surface area contributed by atoms with Gasteiger partial charge in [-0.25, -0.2) is 9.59 Å². The second kappa shape index (κ2) is 12.4. The minimum atomic E-state index is -0.905. The van der Waals surface area contributed by atoms with E-state index >= 15 is 0 Å². The number of pyridine rings is 1. The molecule has 2 rings (SSSR count). The molecule has 1 heterocycles. The average molecular weight is 488 g/mol. The van der Waals surface area contributed by atoms with Crippen molar-refractivity contribution in [2.45, 2.75) is 57.2 Å². The van der Waals surface area contributed by atoms with Gasteiger partial charge in [0.2, 0.25) is 5.91 Å². The molecule has 0 aliphatic heterocycles. The van der Waals surface area contributed by atoms with Crippen LogP contribution >= 0.6 is 11.8 Å². The van der Waals surface area contributed by atoms with Gasteiger partial charge in [0.15, 0.2) is 0 Å². The normalized spacial score (nSPS) is 13.0. The highest BCUT2D eigenvalue weighted by atomic mass is 32.2. The molecule has 9 heteroatoms. The van der Waals surface area contributed by atoms with Crippen molar-refractivity contribution in [1.29, 1.82) is 0 Å². The standard InChI is InChI=1S/C25H33N3O5S/c1-16(2)21(28-24(31)33-25(3,4)5)22(29)27-20(23(30)32-6)15-34-18-12-13-26-19(14-18)17-10-8-7-9-11-17/h7-14,16,20-21H,15H2,1-6H3,(H,27,29)(H,28,31)/t20-,21-/m0/s1. The third-order valence-corrected chi connectivity index (χ3v) is 5.73. The van der Waals surface area contributed by atoms with Crippen molar-refractivity contribution < 1.29 is 23.9 Å². The lowest BCUT2D eigenvalue weighted by Crippen LogP contribution is -2.55. The van der Waals surface area contributed by atoms with Crippen molar-refractivity contribution in [1.82, 2.24) is 15.6 Å². The number of hydrogen-bond acceptors (Lipinski definition) is 7. The summed E-state index contributed by atoms with van der Waals surface area (Å²) in [5.41, 5.74) is 1.10. The molecule has 0 saturated heterocycles. The molecule has 2 amide bonds. The monoisotopic (exact) mass is 487 g/mol. The Morgan fingerprint density at radius 2 is 1.74 bits per heavy atom. The number of esters is 1. The number of ether oxygens (including phenoxy) is 2. The molecule has 0 unspecified atom stereocenters. The quantitative estimate of drug-likeness (QED) is 0.406. The smallest absolute Gasteiger partial charge is 0.408 e. The Hall–Kier alpha value is -3.07. The molecule has 184 valence electrons. The van der Waals surface area contributed by atoms with E-state index < -0.39 is 35.7 Å². The molecule has 0 fully saturated rings. The van der Waals surface area contributed by atoms with Gasteiger partial charge in [-0.15, -0.1) is 11.8 Å². The summed E-state index contributed by atoms with van der Waals surface area (Å²) in [6, 6.07) is 11.7. The Morgan fingerprint density at radius 3 is 2.32 bits per heavy atom. The van der Waals surface area contributed by atoms with Gasteiger partial charge < -0.3 is 20.1 Å². The maximum absolute atomic E-state index is 13.0. The van der Waals surface area contributed by atoms with Crippen molar-refractivity contribution in [3.8, 4) is 11.3 Å². The Kier molecular flexibility index (Phi) is 9.92. The van der Waals surface area contributed by atoms with Gasteiger partial charge in [0.1, 0.15) is 17.7 Å². The van der Waals surface area contributed by atoms with Gasteiger partial charge in [0.05, 0.1) is 12.8 Å². The molecule has 2 atom stereocenters. The fourth-order valence-electron chi connectivity index (χ4n) is 2.99. The van der Waals surface area contributed by atoms with Gasteiger partial charge in [-0.3, -0.25) is 9.78 Å². The summed E-state index contributed by atoms with van der Waals surface area (Å²) in [7, 11) is 1.27. The highest BCUT2D eigenvalue weighted by Gasteiger charge is 2.30. The molecule has 0 saturated carbocycles. The van der Waals surface area contributed by atoms with E-state index in [1.807, 2.05) is 42.5 Å². The number of benzene rings is 1. The predicted molar refractivity (Wildman–Crippen MR) is 132 cm³/mol. The summed E-state index contributed by atoms with van der Waals surface area (Å²) in [6.45, 7) is 8.81. The number of rotatable bonds is 9. The Balaban J connectivity index is 2.08. The van der Waals surface area contributed by atoms with E-state index in [9.17, 15) is 14.4 Å². The van der Waals surface area contributed by atoms with E-state index in [-0.39, 0.29) is 11.7 Å².